The monoisotopic (exact) mass is 283 g/mol. The molecule has 3 nitrogen and oxygen atoms in total. The number of carbonyl (C=O) groups excluding carboxylic acids is 1. The van der Waals surface area contributed by atoms with E-state index >= 15 is 0 Å². The van der Waals surface area contributed by atoms with Crippen LogP contribution in [0.1, 0.15) is 0 Å². The van der Waals surface area contributed by atoms with Gasteiger partial charge in [0.05, 0.1) is 0 Å². The largest absolute Gasteiger partial charge is 0.541 e. The van der Waals surface area contributed by atoms with Crippen molar-refractivity contribution in [3.63, 3.8) is 0 Å². The molecule has 0 fully saturated rings. The van der Waals surface area contributed by atoms with E-state index < -0.39 is 23.6 Å². The Labute approximate surface area is 90.6 Å². The van der Waals surface area contributed by atoms with Crippen LogP contribution in [-0.2, 0) is 4.79 Å². The summed E-state index contributed by atoms with van der Waals surface area (Å²) in [6, 6.07) is 2.96. The van der Waals surface area contributed by atoms with Crippen LogP contribution >= 0.6 is 15.9 Å². The lowest BCUT2D eigenvalue weighted by Gasteiger charge is -2.18. The Kier molecular flexibility index (Phi) is 3.23. The van der Waals surface area contributed by atoms with Crippen molar-refractivity contribution in [3.05, 3.63) is 28.5 Å². The molecule has 7 heteroatoms. The van der Waals surface area contributed by atoms with Crippen LogP contribution in [0.15, 0.2) is 22.7 Å². The van der Waals surface area contributed by atoms with Crippen LogP contribution in [0.4, 0.5) is 13.2 Å². The second-order valence-electron chi connectivity index (χ2n) is 2.48. The fourth-order valence-electron chi connectivity index (χ4n) is 0.738. The van der Waals surface area contributed by atoms with Crippen molar-refractivity contribution in [3.8, 4) is 5.75 Å². The predicted octanol–water partition coefficient (Wildman–Crippen LogP) is 1.31. The molecule has 0 bridgehead atoms. The number of rotatable bonds is 3. The van der Waals surface area contributed by atoms with E-state index in [-0.39, 0.29) is 0 Å². The zero-order chi connectivity index (χ0) is 11.6. The summed E-state index contributed by atoms with van der Waals surface area (Å²) in [5.41, 5.74) is 0. The normalized spacial score (nSPS) is 11.2. The first-order chi connectivity index (χ1) is 6.83. The third-order valence-corrected chi connectivity index (χ3v) is 1.86. The number of carboxylic acids is 1. The number of alkyl halides is 2. The molecule has 0 atom stereocenters. The zero-order valence-electron chi connectivity index (χ0n) is 6.97. The predicted molar refractivity (Wildman–Crippen MR) is 44.7 cm³/mol. The number of benzene rings is 1. The first kappa shape index (κ1) is 11.8. The van der Waals surface area contributed by atoms with Crippen LogP contribution in [0, 0.1) is 5.82 Å². The molecule has 0 heterocycles. The summed E-state index contributed by atoms with van der Waals surface area (Å²) in [5, 5.41) is 9.89. The molecule has 0 aliphatic carbocycles. The molecule has 82 valence electrons. The Morgan fingerprint density at radius 2 is 2.07 bits per heavy atom. The Balaban J connectivity index is 2.95. The van der Waals surface area contributed by atoms with E-state index in [9.17, 15) is 23.1 Å². The van der Waals surface area contributed by atoms with E-state index in [1.54, 1.807) is 0 Å². The van der Waals surface area contributed by atoms with Crippen LogP contribution in [0.5, 0.6) is 5.75 Å². The maximum Gasteiger partial charge on any atom is 0.441 e. The van der Waals surface area contributed by atoms with Gasteiger partial charge < -0.3 is 14.6 Å². The van der Waals surface area contributed by atoms with Gasteiger partial charge in [0.25, 0.3) is 0 Å². The molecule has 0 aliphatic rings. The summed E-state index contributed by atoms with van der Waals surface area (Å²) in [4.78, 5) is 9.89. The summed E-state index contributed by atoms with van der Waals surface area (Å²) in [6.07, 6.45) is -4.56. The zero-order valence-corrected chi connectivity index (χ0v) is 8.55. The molecule has 15 heavy (non-hydrogen) atoms. The molecule has 1 aromatic carbocycles. The van der Waals surface area contributed by atoms with E-state index in [1.807, 2.05) is 0 Å². The first-order valence-electron chi connectivity index (χ1n) is 3.56. The second kappa shape index (κ2) is 4.09. The number of ether oxygens (including phenoxy) is 1. The van der Waals surface area contributed by atoms with Gasteiger partial charge in [-0.15, -0.1) is 0 Å². The maximum atomic E-state index is 12.9. The number of halogens is 4. The molecule has 0 aromatic heterocycles. The molecule has 0 aliphatic heterocycles. The van der Waals surface area contributed by atoms with Crippen LogP contribution in [0.2, 0.25) is 0 Å². The molecule has 0 saturated carbocycles. The molecule has 0 saturated heterocycles. The van der Waals surface area contributed by atoms with Gasteiger partial charge in [-0.1, -0.05) is 15.9 Å². The Bertz CT molecular complexity index is 395. The maximum absolute atomic E-state index is 12.9. The van der Waals surface area contributed by atoms with Crippen molar-refractivity contribution in [1.29, 1.82) is 0 Å². The van der Waals surface area contributed by atoms with Crippen LogP contribution in [-0.4, -0.2) is 12.1 Å². The highest BCUT2D eigenvalue weighted by Crippen LogP contribution is 2.26. The van der Waals surface area contributed by atoms with Gasteiger partial charge in [-0.3, -0.25) is 0 Å². The lowest BCUT2D eigenvalue weighted by molar-refractivity contribution is -0.350. The standard InChI is InChI=1S/C8H4BrF3O3/c9-4-1-2-6(5(10)3-4)15-8(11,12)7(13)14/h1-3H,(H,13,14)/p-1. The minimum absolute atomic E-state index is 0.309. The number of hydrogen-bond acceptors (Lipinski definition) is 3. The Morgan fingerprint density at radius 3 is 2.53 bits per heavy atom. The number of hydrogen-bond donors (Lipinski definition) is 0. The highest BCUT2D eigenvalue weighted by Gasteiger charge is 2.34. The molecule has 0 unspecified atom stereocenters. The lowest BCUT2D eigenvalue weighted by Crippen LogP contribution is -2.45. The van der Waals surface area contributed by atoms with Gasteiger partial charge in [-0.05, 0) is 18.2 Å². The molecule has 0 radical (unpaired) electrons. The van der Waals surface area contributed by atoms with Crippen molar-refractivity contribution in [2.45, 2.75) is 6.11 Å². The number of aliphatic carboxylic acids is 1. The third-order valence-electron chi connectivity index (χ3n) is 1.37. The van der Waals surface area contributed by atoms with Crippen molar-refractivity contribution in [2.24, 2.45) is 0 Å². The quantitative estimate of drug-likeness (QED) is 0.840. The topological polar surface area (TPSA) is 49.4 Å². The molecule has 1 aromatic rings. The van der Waals surface area contributed by atoms with Crippen molar-refractivity contribution < 1.29 is 27.8 Å². The minimum atomic E-state index is -4.56. The highest BCUT2D eigenvalue weighted by atomic mass is 79.9. The van der Waals surface area contributed by atoms with Crippen molar-refractivity contribution in [1.82, 2.24) is 0 Å². The fourth-order valence-corrected chi connectivity index (χ4v) is 1.07. The highest BCUT2D eigenvalue weighted by molar-refractivity contribution is 9.10. The average Bonchev–Trinajstić information content (AvgIpc) is 2.09. The van der Waals surface area contributed by atoms with E-state index in [4.69, 9.17) is 0 Å². The number of carbonyl (C=O) groups is 1. The van der Waals surface area contributed by atoms with Gasteiger partial charge >= 0.3 is 6.11 Å². The van der Waals surface area contributed by atoms with Gasteiger partial charge in [-0.2, -0.15) is 8.78 Å². The third kappa shape index (κ3) is 2.85. The molecular formula is C8H3BrF3O3-. The molecule has 1 rings (SSSR count). The van der Waals surface area contributed by atoms with Crippen molar-refractivity contribution in [2.75, 3.05) is 0 Å². The van der Waals surface area contributed by atoms with Gasteiger partial charge in [-0.25, -0.2) is 4.39 Å². The van der Waals surface area contributed by atoms with Crippen LogP contribution in [0.3, 0.4) is 0 Å². The summed E-state index contributed by atoms with van der Waals surface area (Å²) in [6.45, 7) is 0. The molecule has 0 amide bonds. The van der Waals surface area contributed by atoms with Crippen LogP contribution < -0.4 is 9.84 Å². The molecule has 0 spiro atoms. The van der Waals surface area contributed by atoms with Gasteiger partial charge in [0, 0.05) is 4.47 Å². The average molecular weight is 284 g/mol. The number of carboxylic acid groups (broad SMARTS) is 1. The molecule has 0 N–H and O–H groups in total. The fraction of sp³-hybridized carbons (Fsp3) is 0.125. The summed E-state index contributed by atoms with van der Waals surface area (Å²) in [7, 11) is 0. The molecular weight excluding hydrogens is 281 g/mol. The summed E-state index contributed by atoms with van der Waals surface area (Å²) < 4.78 is 41.8. The summed E-state index contributed by atoms with van der Waals surface area (Å²) in [5.74, 6) is -4.71. The Hall–Kier alpha value is -1.24. The smallest absolute Gasteiger partial charge is 0.441 e. The van der Waals surface area contributed by atoms with Crippen molar-refractivity contribution >= 4 is 21.9 Å². The van der Waals surface area contributed by atoms with E-state index in [2.05, 4.69) is 20.7 Å². The van der Waals surface area contributed by atoms with Gasteiger partial charge in [0.2, 0.25) is 0 Å². The lowest BCUT2D eigenvalue weighted by atomic mass is 10.3. The van der Waals surface area contributed by atoms with Gasteiger partial charge in [0.1, 0.15) is 0 Å². The second-order valence-corrected chi connectivity index (χ2v) is 3.40. The van der Waals surface area contributed by atoms with E-state index in [1.165, 1.54) is 6.07 Å². The van der Waals surface area contributed by atoms with E-state index in [0.29, 0.717) is 4.47 Å². The minimum Gasteiger partial charge on any atom is -0.541 e. The Morgan fingerprint density at radius 1 is 1.47 bits per heavy atom. The first-order valence-corrected chi connectivity index (χ1v) is 4.35. The van der Waals surface area contributed by atoms with Crippen LogP contribution in [0.25, 0.3) is 0 Å². The van der Waals surface area contributed by atoms with E-state index in [0.717, 1.165) is 12.1 Å². The van der Waals surface area contributed by atoms with Gasteiger partial charge in [0.15, 0.2) is 17.5 Å². The SMILES string of the molecule is O=C([O-])C(F)(F)Oc1ccc(Br)cc1F. The summed E-state index contributed by atoms with van der Waals surface area (Å²) >= 11 is 2.89.